The Morgan fingerprint density at radius 2 is 1.88 bits per heavy atom. The van der Waals surface area contributed by atoms with Gasteiger partial charge in [-0.2, -0.15) is 0 Å². The zero-order chi connectivity index (χ0) is 12.5. The Hall–Kier alpha value is -0.570. The largest absolute Gasteiger partial charge is 0.353 e. The highest BCUT2D eigenvalue weighted by molar-refractivity contribution is 5.76. The molecule has 0 aromatic rings. The minimum absolute atomic E-state index is 0.219. The summed E-state index contributed by atoms with van der Waals surface area (Å²) in [5, 5.41) is 6.24. The van der Waals surface area contributed by atoms with E-state index in [-0.39, 0.29) is 5.91 Å². The van der Waals surface area contributed by atoms with Crippen molar-refractivity contribution in [2.45, 2.75) is 64.3 Å². The van der Waals surface area contributed by atoms with Crippen molar-refractivity contribution in [3.8, 4) is 0 Å². The summed E-state index contributed by atoms with van der Waals surface area (Å²) < 4.78 is 0. The van der Waals surface area contributed by atoms with Gasteiger partial charge in [-0.15, -0.1) is 0 Å². The summed E-state index contributed by atoms with van der Waals surface area (Å²) in [6.07, 6.45) is 9.58. The third kappa shape index (κ3) is 6.06. The zero-order valence-electron chi connectivity index (χ0n) is 11.4. The molecule has 3 heteroatoms. The molecule has 1 aliphatic rings. The first-order chi connectivity index (χ1) is 8.24. The predicted octanol–water partition coefficient (Wildman–Crippen LogP) is 2.46. The van der Waals surface area contributed by atoms with E-state index in [0.717, 1.165) is 13.0 Å². The van der Waals surface area contributed by atoms with Crippen molar-refractivity contribution in [2.75, 3.05) is 13.6 Å². The second kappa shape index (κ2) is 8.51. The average molecular weight is 240 g/mol. The molecular formula is C14H28N2O. The zero-order valence-corrected chi connectivity index (χ0v) is 11.4. The van der Waals surface area contributed by atoms with Crippen molar-refractivity contribution >= 4 is 5.91 Å². The number of carbonyl (C=O) groups is 1. The van der Waals surface area contributed by atoms with E-state index in [1.165, 1.54) is 38.5 Å². The molecule has 0 spiro atoms. The van der Waals surface area contributed by atoms with Crippen LogP contribution in [0.15, 0.2) is 0 Å². The molecule has 1 aliphatic carbocycles. The minimum atomic E-state index is 0.219. The number of carbonyl (C=O) groups excluding carboxylic acids is 1. The first kappa shape index (κ1) is 14.5. The molecule has 1 atom stereocenters. The Morgan fingerprint density at radius 3 is 2.47 bits per heavy atom. The average Bonchev–Trinajstić information content (AvgIpc) is 2.57. The van der Waals surface area contributed by atoms with Crippen LogP contribution in [0.1, 0.15) is 58.3 Å². The van der Waals surface area contributed by atoms with Crippen LogP contribution in [-0.4, -0.2) is 25.5 Å². The molecule has 0 aromatic carbocycles. The summed E-state index contributed by atoms with van der Waals surface area (Å²) in [7, 11) is 1.92. The highest BCUT2D eigenvalue weighted by atomic mass is 16.1. The summed E-state index contributed by atoms with van der Waals surface area (Å²) >= 11 is 0. The summed E-state index contributed by atoms with van der Waals surface area (Å²) in [5.74, 6) is 0.919. The van der Waals surface area contributed by atoms with E-state index in [9.17, 15) is 4.79 Å². The standard InChI is InChI=1S/C14H28N2O/c1-12(13-8-5-3-4-6-9-13)16-14(17)10-7-11-15-2/h12-13,15H,3-11H2,1-2H3,(H,16,17)/t12-/m1/s1. The number of hydrogen-bond acceptors (Lipinski definition) is 2. The fraction of sp³-hybridized carbons (Fsp3) is 0.929. The number of amides is 1. The van der Waals surface area contributed by atoms with E-state index in [4.69, 9.17) is 0 Å². The van der Waals surface area contributed by atoms with E-state index in [2.05, 4.69) is 17.6 Å². The summed E-state index contributed by atoms with van der Waals surface area (Å²) in [6, 6.07) is 0.357. The van der Waals surface area contributed by atoms with Gasteiger partial charge >= 0.3 is 0 Å². The van der Waals surface area contributed by atoms with E-state index in [1.54, 1.807) is 0 Å². The van der Waals surface area contributed by atoms with Crippen LogP contribution in [0.4, 0.5) is 0 Å². The van der Waals surface area contributed by atoms with E-state index in [1.807, 2.05) is 7.05 Å². The van der Waals surface area contributed by atoms with Gasteiger partial charge in [-0.1, -0.05) is 25.7 Å². The van der Waals surface area contributed by atoms with Crippen molar-refractivity contribution in [3.05, 3.63) is 0 Å². The first-order valence-corrected chi connectivity index (χ1v) is 7.18. The van der Waals surface area contributed by atoms with E-state index >= 15 is 0 Å². The van der Waals surface area contributed by atoms with Gasteiger partial charge in [0.25, 0.3) is 0 Å². The second-order valence-electron chi connectivity index (χ2n) is 5.31. The van der Waals surface area contributed by atoms with Crippen molar-refractivity contribution < 1.29 is 4.79 Å². The molecule has 2 N–H and O–H groups in total. The monoisotopic (exact) mass is 240 g/mol. The highest BCUT2D eigenvalue weighted by Gasteiger charge is 2.20. The Morgan fingerprint density at radius 1 is 1.24 bits per heavy atom. The van der Waals surface area contributed by atoms with Crippen LogP contribution < -0.4 is 10.6 Å². The molecule has 100 valence electrons. The van der Waals surface area contributed by atoms with Crippen LogP contribution in [0.2, 0.25) is 0 Å². The molecule has 17 heavy (non-hydrogen) atoms. The molecular weight excluding hydrogens is 212 g/mol. The maximum atomic E-state index is 11.7. The molecule has 0 aliphatic heterocycles. The topological polar surface area (TPSA) is 41.1 Å². The van der Waals surface area contributed by atoms with Crippen molar-refractivity contribution in [1.82, 2.24) is 10.6 Å². The van der Waals surface area contributed by atoms with Gasteiger partial charge in [0.15, 0.2) is 0 Å². The van der Waals surface area contributed by atoms with Gasteiger partial charge in [0.05, 0.1) is 0 Å². The van der Waals surface area contributed by atoms with Crippen molar-refractivity contribution in [3.63, 3.8) is 0 Å². The molecule has 0 unspecified atom stereocenters. The Balaban J connectivity index is 2.21. The summed E-state index contributed by atoms with van der Waals surface area (Å²) in [5.41, 5.74) is 0. The SMILES string of the molecule is CNCCCC(=O)N[C@H](C)C1CCCCCC1. The number of nitrogens with one attached hydrogen (secondary N) is 2. The van der Waals surface area contributed by atoms with Crippen LogP contribution in [0.3, 0.4) is 0 Å². The fourth-order valence-electron chi connectivity index (χ4n) is 2.68. The Bertz CT molecular complexity index is 210. The van der Waals surface area contributed by atoms with Gasteiger partial charge in [0.1, 0.15) is 0 Å². The molecule has 0 bridgehead atoms. The minimum Gasteiger partial charge on any atom is -0.353 e. The second-order valence-corrected chi connectivity index (χ2v) is 5.31. The summed E-state index contributed by atoms with van der Waals surface area (Å²) in [6.45, 7) is 3.09. The molecule has 0 radical (unpaired) electrons. The number of hydrogen-bond donors (Lipinski definition) is 2. The lowest BCUT2D eigenvalue weighted by atomic mass is 9.93. The Labute approximate surface area is 106 Å². The summed E-state index contributed by atoms with van der Waals surface area (Å²) in [4.78, 5) is 11.7. The first-order valence-electron chi connectivity index (χ1n) is 7.18. The third-order valence-corrected chi connectivity index (χ3v) is 3.83. The molecule has 1 fully saturated rings. The normalized spacial score (nSPS) is 19.6. The Kier molecular flexibility index (Phi) is 7.25. The third-order valence-electron chi connectivity index (χ3n) is 3.83. The van der Waals surface area contributed by atoms with Crippen molar-refractivity contribution in [2.24, 2.45) is 5.92 Å². The number of rotatable bonds is 6. The van der Waals surface area contributed by atoms with Gasteiger partial charge in [0, 0.05) is 12.5 Å². The van der Waals surface area contributed by atoms with Gasteiger partial charge < -0.3 is 10.6 Å². The molecule has 0 aromatic heterocycles. The lowest BCUT2D eigenvalue weighted by Crippen LogP contribution is -2.38. The van der Waals surface area contributed by atoms with Crippen LogP contribution in [0, 0.1) is 5.92 Å². The van der Waals surface area contributed by atoms with Gasteiger partial charge in [-0.3, -0.25) is 4.79 Å². The molecule has 1 saturated carbocycles. The fourth-order valence-corrected chi connectivity index (χ4v) is 2.68. The van der Waals surface area contributed by atoms with Crippen LogP contribution in [0.5, 0.6) is 0 Å². The van der Waals surface area contributed by atoms with Crippen LogP contribution in [0.25, 0.3) is 0 Å². The highest BCUT2D eigenvalue weighted by Crippen LogP contribution is 2.25. The van der Waals surface area contributed by atoms with E-state index in [0.29, 0.717) is 18.4 Å². The lowest BCUT2D eigenvalue weighted by Gasteiger charge is -2.23. The van der Waals surface area contributed by atoms with Crippen LogP contribution >= 0.6 is 0 Å². The maximum Gasteiger partial charge on any atom is 0.220 e. The molecule has 3 nitrogen and oxygen atoms in total. The van der Waals surface area contributed by atoms with Gasteiger partial charge in [0.2, 0.25) is 5.91 Å². The van der Waals surface area contributed by atoms with E-state index < -0.39 is 0 Å². The maximum absolute atomic E-state index is 11.7. The van der Waals surface area contributed by atoms with Crippen LogP contribution in [-0.2, 0) is 4.79 Å². The molecule has 1 rings (SSSR count). The molecule has 1 amide bonds. The van der Waals surface area contributed by atoms with Gasteiger partial charge in [-0.05, 0) is 45.7 Å². The van der Waals surface area contributed by atoms with Crippen molar-refractivity contribution in [1.29, 1.82) is 0 Å². The quantitative estimate of drug-likeness (QED) is 0.553. The van der Waals surface area contributed by atoms with Gasteiger partial charge in [-0.25, -0.2) is 0 Å². The predicted molar refractivity (Wildman–Crippen MR) is 72.0 cm³/mol. The molecule has 0 heterocycles. The molecule has 0 saturated heterocycles. The lowest BCUT2D eigenvalue weighted by molar-refractivity contribution is -0.122. The smallest absolute Gasteiger partial charge is 0.220 e.